The molecule has 1 aliphatic rings. The van der Waals surface area contributed by atoms with Crippen molar-refractivity contribution in [3.05, 3.63) is 51.7 Å². The molecule has 1 unspecified atom stereocenters. The van der Waals surface area contributed by atoms with Crippen LogP contribution in [0.4, 0.5) is 5.69 Å². The lowest BCUT2D eigenvalue weighted by molar-refractivity contribution is -0.124. The lowest BCUT2D eigenvalue weighted by Gasteiger charge is -2.39. The number of aryl methyl sites for hydroxylation is 1. The van der Waals surface area contributed by atoms with Crippen LogP contribution in [0.3, 0.4) is 0 Å². The Morgan fingerprint density at radius 1 is 1.17 bits per heavy atom. The molecule has 0 aliphatic carbocycles. The average Bonchev–Trinajstić information content (AvgIpc) is 3.07. The van der Waals surface area contributed by atoms with Crippen LogP contribution < -0.4 is 4.90 Å². The van der Waals surface area contributed by atoms with E-state index in [2.05, 4.69) is 0 Å². The SMILES string of the molecule is Cc1cccc(N2CCN(C(=O)c3cccs3)C(C)C2=O)c1C. The molecule has 3 rings (SSSR count). The molecule has 1 aliphatic heterocycles. The summed E-state index contributed by atoms with van der Waals surface area (Å²) in [6.07, 6.45) is 0. The third-order valence-electron chi connectivity index (χ3n) is 4.52. The number of piperazine rings is 1. The van der Waals surface area contributed by atoms with Crippen LogP contribution in [-0.4, -0.2) is 35.8 Å². The van der Waals surface area contributed by atoms with E-state index in [4.69, 9.17) is 0 Å². The molecule has 2 amide bonds. The molecule has 1 atom stereocenters. The molecule has 5 heteroatoms. The summed E-state index contributed by atoms with van der Waals surface area (Å²) < 4.78 is 0. The van der Waals surface area contributed by atoms with Crippen LogP contribution in [0.15, 0.2) is 35.7 Å². The number of amides is 2. The number of carbonyl (C=O) groups excluding carboxylic acids is 2. The maximum Gasteiger partial charge on any atom is 0.264 e. The molecule has 1 aromatic heterocycles. The van der Waals surface area contributed by atoms with Gasteiger partial charge >= 0.3 is 0 Å². The van der Waals surface area contributed by atoms with Gasteiger partial charge in [-0.3, -0.25) is 9.59 Å². The predicted molar refractivity (Wildman–Crippen MR) is 93.1 cm³/mol. The van der Waals surface area contributed by atoms with E-state index in [1.54, 1.807) is 11.0 Å². The van der Waals surface area contributed by atoms with Crippen molar-refractivity contribution in [2.75, 3.05) is 18.0 Å². The Morgan fingerprint density at radius 2 is 1.96 bits per heavy atom. The predicted octanol–water partition coefficient (Wildman–Crippen LogP) is 3.24. The first-order chi connectivity index (χ1) is 11.0. The van der Waals surface area contributed by atoms with Crippen molar-refractivity contribution in [2.24, 2.45) is 0 Å². The summed E-state index contributed by atoms with van der Waals surface area (Å²) in [4.78, 5) is 29.5. The fourth-order valence-corrected chi connectivity index (χ4v) is 3.64. The van der Waals surface area contributed by atoms with Crippen LogP contribution >= 0.6 is 11.3 Å². The van der Waals surface area contributed by atoms with E-state index in [0.29, 0.717) is 18.0 Å². The van der Waals surface area contributed by atoms with Crippen LogP contribution in [0.25, 0.3) is 0 Å². The lowest BCUT2D eigenvalue weighted by Crippen LogP contribution is -2.57. The van der Waals surface area contributed by atoms with Gasteiger partial charge in [0.15, 0.2) is 0 Å². The molecular formula is C18H20N2O2S. The van der Waals surface area contributed by atoms with Gasteiger partial charge in [0, 0.05) is 18.8 Å². The number of thiophene rings is 1. The van der Waals surface area contributed by atoms with Crippen molar-refractivity contribution >= 4 is 28.8 Å². The lowest BCUT2D eigenvalue weighted by atomic mass is 10.0. The first kappa shape index (κ1) is 15.7. The van der Waals surface area contributed by atoms with Gasteiger partial charge in [-0.1, -0.05) is 18.2 Å². The van der Waals surface area contributed by atoms with Crippen molar-refractivity contribution in [2.45, 2.75) is 26.8 Å². The third-order valence-corrected chi connectivity index (χ3v) is 5.37. The van der Waals surface area contributed by atoms with Crippen molar-refractivity contribution in [3.8, 4) is 0 Å². The molecule has 0 spiro atoms. The Balaban J connectivity index is 1.84. The zero-order valence-corrected chi connectivity index (χ0v) is 14.4. The summed E-state index contributed by atoms with van der Waals surface area (Å²) in [6.45, 7) is 6.97. The molecule has 1 fully saturated rings. The second-order valence-corrected chi connectivity index (χ2v) is 6.81. The van der Waals surface area contributed by atoms with Crippen LogP contribution in [-0.2, 0) is 4.79 Å². The number of hydrogen-bond acceptors (Lipinski definition) is 3. The maximum atomic E-state index is 12.8. The Labute approximate surface area is 140 Å². The minimum atomic E-state index is -0.446. The maximum absolute atomic E-state index is 12.8. The number of hydrogen-bond donors (Lipinski definition) is 0. The normalized spacial score (nSPS) is 18.4. The summed E-state index contributed by atoms with van der Waals surface area (Å²) in [5.74, 6) is -0.0729. The number of benzene rings is 1. The van der Waals surface area contributed by atoms with E-state index < -0.39 is 6.04 Å². The monoisotopic (exact) mass is 328 g/mol. The molecule has 1 aromatic carbocycles. The number of rotatable bonds is 2. The van der Waals surface area contributed by atoms with Gasteiger partial charge in [0.05, 0.1) is 4.88 Å². The highest BCUT2D eigenvalue weighted by Gasteiger charge is 2.36. The van der Waals surface area contributed by atoms with Gasteiger partial charge in [-0.05, 0) is 49.4 Å². The minimum absolute atomic E-state index is 0.0187. The van der Waals surface area contributed by atoms with Gasteiger partial charge in [0.25, 0.3) is 5.91 Å². The quantitative estimate of drug-likeness (QED) is 0.849. The highest BCUT2D eigenvalue weighted by molar-refractivity contribution is 7.12. The molecule has 2 aromatic rings. The van der Waals surface area contributed by atoms with E-state index in [9.17, 15) is 9.59 Å². The summed E-state index contributed by atoms with van der Waals surface area (Å²) in [6, 6.07) is 9.21. The summed E-state index contributed by atoms with van der Waals surface area (Å²) in [5.41, 5.74) is 3.23. The first-order valence-electron chi connectivity index (χ1n) is 7.72. The van der Waals surface area contributed by atoms with Gasteiger partial charge in [0.1, 0.15) is 6.04 Å². The molecule has 1 saturated heterocycles. The van der Waals surface area contributed by atoms with Gasteiger partial charge in [-0.25, -0.2) is 0 Å². The smallest absolute Gasteiger partial charge is 0.264 e. The van der Waals surface area contributed by atoms with Crippen molar-refractivity contribution in [1.82, 2.24) is 4.90 Å². The molecule has 23 heavy (non-hydrogen) atoms. The molecule has 0 saturated carbocycles. The Morgan fingerprint density at radius 3 is 2.65 bits per heavy atom. The highest BCUT2D eigenvalue weighted by Crippen LogP contribution is 2.27. The Hall–Kier alpha value is -2.14. The van der Waals surface area contributed by atoms with Crippen LogP contribution in [0, 0.1) is 13.8 Å². The van der Waals surface area contributed by atoms with E-state index >= 15 is 0 Å². The van der Waals surface area contributed by atoms with Crippen molar-refractivity contribution in [1.29, 1.82) is 0 Å². The van der Waals surface area contributed by atoms with Gasteiger partial charge in [-0.2, -0.15) is 0 Å². The standard InChI is InChI=1S/C18H20N2O2S/c1-12-6-4-7-15(13(12)2)20-10-9-19(14(3)17(20)21)18(22)16-8-5-11-23-16/h4-8,11,14H,9-10H2,1-3H3. The summed E-state index contributed by atoms with van der Waals surface area (Å²) >= 11 is 1.41. The van der Waals surface area contributed by atoms with Gasteiger partial charge in [-0.15, -0.1) is 11.3 Å². The molecule has 120 valence electrons. The van der Waals surface area contributed by atoms with Gasteiger partial charge < -0.3 is 9.80 Å². The van der Waals surface area contributed by atoms with Crippen molar-refractivity contribution in [3.63, 3.8) is 0 Å². The number of anilines is 1. The van der Waals surface area contributed by atoms with Crippen LogP contribution in [0.1, 0.15) is 27.7 Å². The molecule has 2 heterocycles. The van der Waals surface area contributed by atoms with E-state index in [-0.39, 0.29) is 11.8 Å². The first-order valence-corrected chi connectivity index (χ1v) is 8.60. The fraction of sp³-hybridized carbons (Fsp3) is 0.333. The summed E-state index contributed by atoms with van der Waals surface area (Å²) in [5, 5.41) is 1.88. The minimum Gasteiger partial charge on any atom is -0.324 e. The zero-order valence-electron chi connectivity index (χ0n) is 13.6. The van der Waals surface area contributed by atoms with Crippen LogP contribution in [0.2, 0.25) is 0 Å². The second kappa shape index (κ2) is 6.16. The van der Waals surface area contributed by atoms with E-state index in [1.807, 2.05) is 55.3 Å². The second-order valence-electron chi connectivity index (χ2n) is 5.86. The molecule has 0 bridgehead atoms. The number of carbonyl (C=O) groups is 2. The zero-order chi connectivity index (χ0) is 16.6. The average molecular weight is 328 g/mol. The Bertz CT molecular complexity index is 739. The topological polar surface area (TPSA) is 40.6 Å². The number of nitrogens with zero attached hydrogens (tertiary/aromatic N) is 2. The molecule has 0 radical (unpaired) electrons. The fourth-order valence-electron chi connectivity index (χ4n) is 2.96. The Kier molecular flexibility index (Phi) is 4.22. The molecule has 0 N–H and O–H groups in total. The van der Waals surface area contributed by atoms with Gasteiger partial charge in [0.2, 0.25) is 5.91 Å². The van der Waals surface area contributed by atoms with Crippen LogP contribution in [0.5, 0.6) is 0 Å². The van der Waals surface area contributed by atoms with Crippen molar-refractivity contribution < 1.29 is 9.59 Å². The van der Waals surface area contributed by atoms with E-state index in [1.165, 1.54) is 16.9 Å². The summed E-state index contributed by atoms with van der Waals surface area (Å²) in [7, 11) is 0. The highest BCUT2D eigenvalue weighted by atomic mass is 32.1. The third kappa shape index (κ3) is 2.77. The van der Waals surface area contributed by atoms with E-state index in [0.717, 1.165) is 11.3 Å². The molecular weight excluding hydrogens is 308 g/mol. The molecule has 4 nitrogen and oxygen atoms in total. The largest absolute Gasteiger partial charge is 0.324 e.